The molecule has 130 valence electrons. The van der Waals surface area contributed by atoms with Crippen molar-refractivity contribution in [3.63, 3.8) is 0 Å². The van der Waals surface area contributed by atoms with Crippen LogP contribution in [0.3, 0.4) is 0 Å². The highest BCUT2D eigenvalue weighted by atomic mass is 16.5. The zero-order chi connectivity index (χ0) is 17.6. The van der Waals surface area contributed by atoms with Crippen molar-refractivity contribution in [3.05, 3.63) is 65.8 Å². The SMILES string of the molecule is Cc1noc(CCNC(=O)N[C@H](c2ccccc2)c2nccn2C)n1. The van der Waals surface area contributed by atoms with E-state index in [2.05, 4.69) is 25.8 Å². The number of hydrogen-bond acceptors (Lipinski definition) is 5. The number of urea groups is 1. The molecule has 2 heterocycles. The fraction of sp³-hybridized carbons (Fsp3) is 0.294. The van der Waals surface area contributed by atoms with Crippen LogP contribution in [-0.2, 0) is 13.5 Å². The first-order valence-electron chi connectivity index (χ1n) is 7.99. The number of carbonyl (C=O) groups is 1. The topological polar surface area (TPSA) is 97.9 Å². The average molecular weight is 340 g/mol. The lowest BCUT2D eigenvalue weighted by atomic mass is 10.1. The van der Waals surface area contributed by atoms with Crippen molar-refractivity contribution in [2.75, 3.05) is 6.54 Å². The summed E-state index contributed by atoms with van der Waals surface area (Å²) in [6.07, 6.45) is 4.04. The molecular weight excluding hydrogens is 320 g/mol. The number of rotatable bonds is 6. The minimum absolute atomic E-state index is 0.284. The Kier molecular flexibility index (Phi) is 5.08. The van der Waals surface area contributed by atoms with Crippen molar-refractivity contribution in [2.45, 2.75) is 19.4 Å². The molecule has 25 heavy (non-hydrogen) atoms. The Labute approximate surface area is 145 Å². The lowest BCUT2D eigenvalue weighted by Gasteiger charge is -2.19. The van der Waals surface area contributed by atoms with Crippen LogP contribution in [0.25, 0.3) is 0 Å². The van der Waals surface area contributed by atoms with Gasteiger partial charge in [-0.25, -0.2) is 9.78 Å². The summed E-state index contributed by atoms with van der Waals surface area (Å²) in [6.45, 7) is 2.15. The fourth-order valence-electron chi connectivity index (χ4n) is 2.50. The molecular formula is C17H20N6O2. The predicted octanol–water partition coefficient (Wildman–Crippen LogP) is 1.74. The van der Waals surface area contributed by atoms with Gasteiger partial charge in [0.1, 0.15) is 11.9 Å². The Balaban J connectivity index is 1.64. The van der Waals surface area contributed by atoms with E-state index in [-0.39, 0.29) is 12.1 Å². The van der Waals surface area contributed by atoms with Gasteiger partial charge in [-0.15, -0.1) is 0 Å². The van der Waals surface area contributed by atoms with Gasteiger partial charge in [0.25, 0.3) is 0 Å². The highest BCUT2D eigenvalue weighted by Gasteiger charge is 2.20. The first kappa shape index (κ1) is 16.7. The summed E-state index contributed by atoms with van der Waals surface area (Å²) in [5.41, 5.74) is 0.958. The number of aromatic nitrogens is 4. The Morgan fingerprint density at radius 3 is 2.76 bits per heavy atom. The first-order chi connectivity index (χ1) is 12.1. The molecule has 3 aromatic rings. The van der Waals surface area contributed by atoms with E-state index < -0.39 is 0 Å². The maximum Gasteiger partial charge on any atom is 0.315 e. The van der Waals surface area contributed by atoms with Crippen LogP contribution < -0.4 is 10.6 Å². The van der Waals surface area contributed by atoms with E-state index in [1.807, 2.05) is 48.1 Å². The van der Waals surface area contributed by atoms with Crippen molar-refractivity contribution in [2.24, 2.45) is 7.05 Å². The van der Waals surface area contributed by atoms with Gasteiger partial charge >= 0.3 is 6.03 Å². The molecule has 1 aromatic carbocycles. The molecule has 8 nitrogen and oxygen atoms in total. The Morgan fingerprint density at radius 1 is 1.32 bits per heavy atom. The van der Waals surface area contributed by atoms with Gasteiger partial charge in [0.05, 0.1) is 0 Å². The molecule has 2 N–H and O–H groups in total. The molecule has 0 saturated heterocycles. The summed E-state index contributed by atoms with van der Waals surface area (Å²) in [7, 11) is 1.90. The number of amides is 2. The van der Waals surface area contributed by atoms with Crippen LogP contribution in [0.5, 0.6) is 0 Å². The van der Waals surface area contributed by atoms with E-state index in [0.717, 1.165) is 11.4 Å². The molecule has 2 aromatic heterocycles. The van der Waals surface area contributed by atoms with Gasteiger partial charge in [0, 0.05) is 32.4 Å². The van der Waals surface area contributed by atoms with Crippen LogP contribution in [0.15, 0.2) is 47.2 Å². The molecule has 0 saturated carbocycles. The van der Waals surface area contributed by atoms with E-state index in [1.54, 1.807) is 13.1 Å². The standard InChI is InChI=1S/C17H20N6O2/c1-12-20-14(25-22-12)8-9-19-17(24)21-15(13-6-4-3-5-7-13)16-18-10-11-23(16)2/h3-7,10-11,15H,8-9H2,1-2H3,(H2,19,21,24)/t15-/m1/s1. The number of carbonyl (C=O) groups excluding carboxylic acids is 1. The Hall–Kier alpha value is -3.16. The van der Waals surface area contributed by atoms with E-state index in [1.165, 1.54) is 0 Å². The van der Waals surface area contributed by atoms with Crippen molar-refractivity contribution in [3.8, 4) is 0 Å². The van der Waals surface area contributed by atoms with Gasteiger partial charge in [-0.2, -0.15) is 4.98 Å². The molecule has 0 spiro atoms. The molecule has 3 rings (SSSR count). The maximum absolute atomic E-state index is 12.3. The zero-order valence-electron chi connectivity index (χ0n) is 14.1. The van der Waals surface area contributed by atoms with Crippen molar-refractivity contribution >= 4 is 6.03 Å². The van der Waals surface area contributed by atoms with Gasteiger partial charge < -0.3 is 19.7 Å². The summed E-state index contributed by atoms with van der Waals surface area (Å²) in [6, 6.07) is 9.10. The molecule has 0 bridgehead atoms. The van der Waals surface area contributed by atoms with Gasteiger partial charge in [0.15, 0.2) is 5.82 Å². The monoisotopic (exact) mass is 340 g/mol. The van der Waals surface area contributed by atoms with E-state index in [9.17, 15) is 4.79 Å². The van der Waals surface area contributed by atoms with E-state index in [0.29, 0.717) is 24.7 Å². The highest BCUT2D eigenvalue weighted by Crippen LogP contribution is 2.19. The number of nitrogens with one attached hydrogen (secondary N) is 2. The minimum Gasteiger partial charge on any atom is -0.339 e. The largest absolute Gasteiger partial charge is 0.339 e. The van der Waals surface area contributed by atoms with Crippen molar-refractivity contribution < 1.29 is 9.32 Å². The highest BCUT2D eigenvalue weighted by molar-refractivity contribution is 5.74. The van der Waals surface area contributed by atoms with E-state index >= 15 is 0 Å². The summed E-state index contributed by atoms with van der Waals surface area (Å²) in [5.74, 6) is 1.84. The second kappa shape index (κ2) is 7.61. The quantitative estimate of drug-likeness (QED) is 0.712. The minimum atomic E-state index is -0.341. The molecule has 1 atom stereocenters. The number of nitrogens with zero attached hydrogens (tertiary/aromatic N) is 4. The third-order valence-electron chi connectivity index (χ3n) is 3.72. The van der Waals surface area contributed by atoms with Crippen molar-refractivity contribution in [1.82, 2.24) is 30.3 Å². The number of aryl methyl sites for hydroxylation is 2. The Bertz CT molecular complexity index is 827. The lowest BCUT2D eigenvalue weighted by Crippen LogP contribution is -2.40. The van der Waals surface area contributed by atoms with Crippen molar-refractivity contribution in [1.29, 1.82) is 0 Å². The molecule has 0 aliphatic carbocycles. The summed E-state index contributed by atoms with van der Waals surface area (Å²) in [5, 5.41) is 9.50. The van der Waals surface area contributed by atoms with Crippen LogP contribution in [0.4, 0.5) is 4.79 Å². The summed E-state index contributed by atoms with van der Waals surface area (Å²) in [4.78, 5) is 20.8. The number of imidazole rings is 1. The van der Waals surface area contributed by atoms with E-state index in [4.69, 9.17) is 4.52 Å². The number of hydrogen-bond donors (Lipinski definition) is 2. The summed E-state index contributed by atoms with van der Waals surface area (Å²) < 4.78 is 6.91. The third-order valence-corrected chi connectivity index (χ3v) is 3.72. The lowest BCUT2D eigenvalue weighted by molar-refractivity contribution is 0.238. The van der Waals surface area contributed by atoms with Crippen LogP contribution in [0.1, 0.15) is 29.1 Å². The molecule has 0 aliphatic rings. The molecule has 0 fully saturated rings. The number of benzene rings is 1. The Morgan fingerprint density at radius 2 is 2.12 bits per heavy atom. The molecule has 8 heteroatoms. The van der Waals surface area contributed by atoms with Gasteiger partial charge in [0.2, 0.25) is 5.89 Å². The molecule has 0 radical (unpaired) electrons. The average Bonchev–Trinajstić information content (AvgIpc) is 3.22. The van der Waals surface area contributed by atoms with Gasteiger partial charge in [-0.05, 0) is 12.5 Å². The van der Waals surface area contributed by atoms with Crippen LogP contribution in [0.2, 0.25) is 0 Å². The smallest absolute Gasteiger partial charge is 0.315 e. The van der Waals surface area contributed by atoms with Crippen LogP contribution >= 0.6 is 0 Å². The second-order valence-corrected chi connectivity index (χ2v) is 5.63. The zero-order valence-corrected chi connectivity index (χ0v) is 14.1. The molecule has 0 aliphatic heterocycles. The van der Waals surface area contributed by atoms with Gasteiger partial charge in [-0.3, -0.25) is 0 Å². The molecule has 0 unspecified atom stereocenters. The second-order valence-electron chi connectivity index (χ2n) is 5.63. The maximum atomic E-state index is 12.3. The third kappa shape index (κ3) is 4.23. The molecule has 2 amide bonds. The summed E-state index contributed by atoms with van der Waals surface area (Å²) >= 11 is 0. The van der Waals surface area contributed by atoms with Crippen LogP contribution in [-0.4, -0.2) is 32.3 Å². The fourth-order valence-corrected chi connectivity index (χ4v) is 2.50. The van der Waals surface area contributed by atoms with Gasteiger partial charge in [-0.1, -0.05) is 35.5 Å². The normalized spacial score (nSPS) is 11.9. The first-order valence-corrected chi connectivity index (χ1v) is 7.99. The predicted molar refractivity (Wildman–Crippen MR) is 90.8 cm³/mol. The van der Waals surface area contributed by atoms with Crippen LogP contribution in [0, 0.1) is 6.92 Å².